The Kier molecular flexibility index (Phi) is 8.45. The number of unbranched alkanes of at least 4 members (excludes halogenated alkanes) is 1. The largest absolute Gasteiger partial charge is 0.497 e. The predicted molar refractivity (Wildman–Crippen MR) is 90.0 cm³/mol. The topological polar surface area (TPSA) is 88.7 Å². The van der Waals surface area contributed by atoms with Gasteiger partial charge in [0.2, 0.25) is 5.91 Å². The van der Waals surface area contributed by atoms with Crippen LogP contribution in [0.3, 0.4) is 0 Å². The second kappa shape index (κ2) is 10.4. The van der Waals surface area contributed by atoms with Crippen LogP contribution in [0.4, 0.5) is 0 Å². The van der Waals surface area contributed by atoms with Gasteiger partial charge in [0.05, 0.1) is 7.11 Å². The molecule has 1 aromatic carbocycles. The molecule has 0 unspecified atom stereocenters. The minimum absolute atomic E-state index is 0.0453. The zero-order chi connectivity index (χ0) is 17.1. The summed E-state index contributed by atoms with van der Waals surface area (Å²) in [6.45, 7) is 1.80. The van der Waals surface area contributed by atoms with Crippen LogP contribution < -0.4 is 25.6 Å². The number of carbonyl (C=O) groups excluding carboxylic acids is 2. The smallest absolute Gasteiger partial charge is 0.276 e. The van der Waals surface area contributed by atoms with E-state index in [2.05, 4.69) is 16.2 Å². The predicted octanol–water partition coefficient (Wildman–Crippen LogP) is 1.29. The molecule has 0 fully saturated rings. The minimum atomic E-state index is -0.425. The molecule has 0 radical (unpaired) electrons. The van der Waals surface area contributed by atoms with Crippen molar-refractivity contribution in [1.82, 2.24) is 16.2 Å². The molecular weight excluding hydrogens is 318 g/mol. The first-order valence-corrected chi connectivity index (χ1v) is 7.61. The van der Waals surface area contributed by atoms with Crippen molar-refractivity contribution in [2.24, 2.45) is 0 Å². The number of amides is 2. The highest BCUT2D eigenvalue weighted by atomic mass is 32.1. The lowest BCUT2D eigenvalue weighted by atomic mass is 10.2. The van der Waals surface area contributed by atoms with E-state index in [-0.39, 0.29) is 17.6 Å². The molecule has 126 valence electrons. The molecule has 0 aliphatic rings. The molecule has 0 heterocycles. The van der Waals surface area contributed by atoms with Crippen molar-refractivity contribution in [2.45, 2.75) is 26.2 Å². The van der Waals surface area contributed by atoms with Gasteiger partial charge < -0.3 is 14.8 Å². The average molecular weight is 339 g/mol. The summed E-state index contributed by atoms with van der Waals surface area (Å²) in [5, 5.41) is 2.51. The molecular formula is C15H21N3O4S. The summed E-state index contributed by atoms with van der Waals surface area (Å²) in [6, 6.07) is 6.84. The van der Waals surface area contributed by atoms with Crippen molar-refractivity contribution >= 4 is 29.1 Å². The van der Waals surface area contributed by atoms with Crippen LogP contribution in [0, 0.1) is 0 Å². The monoisotopic (exact) mass is 339 g/mol. The van der Waals surface area contributed by atoms with Crippen LogP contribution in [0.25, 0.3) is 0 Å². The Labute approximate surface area is 140 Å². The van der Waals surface area contributed by atoms with Gasteiger partial charge in [-0.15, -0.1) is 0 Å². The Balaban J connectivity index is 2.22. The van der Waals surface area contributed by atoms with Crippen LogP contribution in [-0.2, 0) is 9.59 Å². The molecule has 23 heavy (non-hydrogen) atoms. The molecule has 1 rings (SSSR count). The van der Waals surface area contributed by atoms with Crippen LogP contribution in [-0.4, -0.2) is 30.6 Å². The third kappa shape index (κ3) is 8.01. The molecule has 0 saturated carbocycles. The van der Waals surface area contributed by atoms with Crippen LogP contribution in [0.5, 0.6) is 11.5 Å². The molecule has 0 bridgehead atoms. The molecule has 1 aromatic rings. The van der Waals surface area contributed by atoms with Gasteiger partial charge in [-0.2, -0.15) is 0 Å². The van der Waals surface area contributed by atoms with E-state index in [0.717, 1.165) is 12.8 Å². The van der Waals surface area contributed by atoms with E-state index in [1.165, 1.54) is 0 Å². The first-order chi connectivity index (χ1) is 11.0. The number of hydrogen-bond donors (Lipinski definition) is 3. The highest BCUT2D eigenvalue weighted by Crippen LogP contribution is 2.16. The van der Waals surface area contributed by atoms with Gasteiger partial charge in [-0.05, 0) is 42.9 Å². The summed E-state index contributed by atoms with van der Waals surface area (Å²) in [5.74, 6) is 0.628. The second-order valence-corrected chi connectivity index (χ2v) is 5.03. The third-order valence-corrected chi connectivity index (χ3v) is 2.96. The van der Waals surface area contributed by atoms with E-state index in [1.54, 1.807) is 31.4 Å². The standard InChI is InChI=1S/C15H21N3O4S/c1-3-4-5-13(19)16-15(23)18-17-14(20)10-22-12-8-6-11(21-2)7-9-12/h6-9H,3-5,10H2,1-2H3,(H,17,20)(H2,16,18,19,23). The quantitative estimate of drug-likeness (QED) is 0.512. The molecule has 0 saturated heterocycles. The van der Waals surface area contributed by atoms with Crippen LogP contribution in [0.2, 0.25) is 0 Å². The van der Waals surface area contributed by atoms with Crippen LogP contribution in [0.1, 0.15) is 26.2 Å². The van der Waals surface area contributed by atoms with Crippen molar-refractivity contribution < 1.29 is 19.1 Å². The Morgan fingerprint density at radius 3 is 2.35 bits per heavy atom. The number of hydrogen-bond acceptors (Lipinski definition) is 5. The fourth-order valence-corrected chi connectivity index (χ4v) is 1.71. The summed E-state index contributed by atoms with van der Waals surface area (Å²) >= 11 is 4.89. The first-order valence-electron chi connectivity index (χ1n) is 7.20. The number of ether oxygens (including phenoxy) is 2. The first kappa shape index (κ1) is 18.7. The van der Waals surface area contributed by atoms with Gasteiger partial charge in [-0.25, -0.2) is 0 Å². The molecule has 0 spiro atoms. The van der Waals surface area contributed by atoms with E-state index >= 15 is 0 Å². The van der Waals surface area contributed by atoms with Gasteiger partial charge in [0, 0.05) is 6.42 Å². The van der Waals surface area contributed by atoms with Crippen LogP contribution in [0.15, 0.2) is 24.3 Å². The lowest BCUT2D eigenvalue weighted by molar-refractivity contribution is -0.124. The highest BCUT2D eigenvalue weighted by Gasteiger charge is 2.06. The Morgan fingerprint density at radius 2 is 1.74 bits per heavy atom. The number of benzene rings is 1. The number of rotatable bonds is 7. The lowest BCUT2D eigenvalue weighted by Gasteiger charge is -2.11. The van der Waals surface area contributed by atoms with Gasteiger partial charge in [-0.1, -0.05) is 13.3 Å². The van der Waals surface area contributed by atoms with Crippen molar-refractivity contribution in [2.75, 3.05) is 13.7 Å². The normalized spacial score (nSPS) is 9.65. The fraction of sp³-hybridized carbons (Fsp3) is 0.400. The van der Waals surface area contributed by atoms with Gasteiger partial charge in [0.1, 0.15) is 11.5 Å². The SMILES string of the molecule is CCCCC(=O)NC(=S)NNC(=O)COc1ccc(OC)cc1. The van der Waals surface area contributed by atoms with Crippen molar-refractivity contribution in [3.63, 3.8) is 0 Å². The van der Waals surface area contributed by atoms with Crippen molar-refractivity contribution in [3.05, 3.63) is 24.3 Å². The van der Waals surface area contributed by atoms with Gasteiger partial charge in [0.15, 0.2) is 11.7 Å². The maximum absolute atomic E-state index is 11.6. The Morgan fingerprint density at radius 1 is 1.09 bits per heavy atom. The molecule has 0 aliphatic carbocycles. The zero-order valence-electron chi connectivity index (χ0n) is 13.2. The number of hydrazine groups is 1. The van der Waals surface area contributed by atoms with E-state index < -0.39 is 5.91 Å². The molecule has 0 aromatic heterocycles. The van der Waals surface area contributed by atoms with Crippen molar-refractivity contribution in [1.29, 1.82) is 0 Å². The number of nitrogens with one attached hydrogen (secondary N) is 3. The van der Waals surface area contributed by atoms with E-state index in [1.807, 2.05) is 6.92 Å². The molecule has 0 aliphatic heterocycles. The number of methoxy groups -OCH3 is 1. The summed E-state index contributed by atoms with van der Waals surface area (Å²) in [4.78, 5) is 23.0. The van der Waals surface area contributed by atoms with Gasteiger partial charge in [-0.3, -0.25) is 20.4 Å². The van der Waals surface area contributed by atoms with E-state index in [4.69, 9.17) is 21.7 Å². The Hall–Kier alpha value is -2.35. The molecule has 7 nitrogen and oxygen atoms in total. The fourth-order valence-electron chi connectivity index (χ4n) is 1.54. The number of thiocarbonyl (C=S) groups is 1. The molecule has 3 N–H and O–H groups in total. The summed E-state index contributed by atoms with van der Waals surface area (Å²) in [5.41, 5.74) is 4.79. The number of carbonyl (C=O) groups is 2. The maximum atomic E-state index is 11.6. The van der Waals surface area contributed by atoms with Crippen molar-refractivity contribution in [3.8, 4) is 11.5 Å². The summed E-state index contributed by atoms with van der Waals surface area (Å²) in [7, 11) is 1.57. The summed E-state index contributed by atoms with van der Waals surface area (Å²) < 4.78 is 10.3. The van der Waals surface area contributed by atoms with Crippen LogP contribution >= 0.6 is 12.2 Å². The lowest BCUT2D eigenvalue weighted by Crippen LogP contribution is -2.49. The second-order valence-electron chi connectivity index (χ2n) is 4.62. The zero-order valence-corrected chi connectivity index (χ0v) is 14.0. The Bertz CT molecular complexity index is 534. The summed E-state index contributed by atoms with van der Waals surface area (Å²) in [6.07, 6.45) is 2.11. The maximum Gasteiger partial charge on any atom is 0.276 e. The molecule has 2 amide bonds. The third-order valence-electron chi connectivity index (χ3n) is 2.76. The molecule has 0 atom stereocenters. The molecule has 8 heteroatoms. The van der Waals surface area contributed by atoms with E-state index in [0.29, 0.717) is 17.9 Å². The van der Waals surface area contributed by atoms with Gasteiger partial charge >= 0.3 is 0 Å². The average Bonchev–Trinajstić information content (AvgIpc) is 2.56. The van der Waals surface area contributed by atoms with Gasteiger partial charge in [0.25, 0.3) is 5.91 Å². The van der Waals surface area contributed by atoms with E-state index in [9.17, 15) is 9.59 Å². The highest BCUT2D eigenvalue weighted by molar-refractivity contribution is 7.80. The minimum Gasteiger partial charge on any atom is -0.497 e.